The number of rotatable bonds is 4. The van der Waals surface area contributed by atoms with E-state index in [2.05, 4.69) is 10.3 Å². The van der Waals surface area contributed by atoms with E-state index in [0.717, 1.165) is 5.04 Å². The Morgan fingerprint density at radius 1 is 1.50 bits per heavy atom. The Balaban J connectivity index is 2.11. The molecule has 20 heavy (non-hydrogen) atoms. The minimum Gasteiger partial charge on any atom is -0.389 e. The minimum atomic E-state index is -2.63. The Morgan fingerprint density at radius 2 is 2.20 bits per heavy atom. The summed E-state index contributed by atoms with van der Waals surface area (Å²) in [5.41, 5.74) is -0.199. The molecule has 0 aliphatic carbocycles. The van der Waals surface area contributed by atoms with Crippen molar-refractivity contribution in [2.24, 2.45) is 5.16 Å². The zero-order chi connectivity index (χ0) is 14.9. The molecule has 2 heterocycles. The molecule has 4 nitrogen and oxygen atoms in total. The second-order valence-corrected chi connectivity index (χ2v) is 6.48. The van der Waals surface area contributed by atoms with Crippen molar-refractivity contribution < 1.29 is 13.6 Å². The summed E-state index contributed by atoms with van der Waals surface area (Å²) in [5.74, 6) is 0.316. The third kappa shape index (κ3) is 3.25. The lowest BCUT2D eigenvalue weighted by Gasteiger charge is -2.13. The Morgan fingerprint density at radius 3 is 2.70 bits per heavy atom. The van der Waals surface area contributed by atoms with Crippen LogP contribution in [0, 0.1) is 0 Å². The fourth-order valence-electron chi connectivity index (χ4n) is 1.85. The Hall–Kier alpha value is -0.820. The smallest absolute Gasteiger partial charge is 0.282 e. The first-order valence-corrected chi connectivity index (χ1v) is 7.61. The van der Waals surface area contributed by atoms with Gasteiger partial charge in [-0.2, -0.15) is 5.10 Å². The average Bonchev–Trinajstić information content (AvgIpc) is 2.87. The molecule has 0 amide bonds. The Kier molecular flexibility index (Phi) is 4.59. The van der Waals surface area contributed by atoms with Gasteiger partial charge < -0.3 is 4.84 Å². The molecule has 1 aromatic rings. The molecule has 2 rings (SSSR count). The molecule has 0 spiro atoms. The van der Waals surface area contributed by atoms with Gasteiger partial charge in [0.2, 0.25) is 0 Å². The molecule has 0 radical (unpaired) electrons. The normalized spacial score (nSPS) is 17.4. The van der Waals surface area contributed by atoms with E-state index in [-0.39, 0.29) is 16.4 Å². The van der Waals surface area contributed by atoms with Gasteiger partial charge in [0.15, 0.2) is 0 Å². The first-order valence-electron chi connectivity index (χ1n) is 6.25. The fraction of sp³-hybridized carbons (Fsp3) is 0.667. The summed E-state index contributed by atoms with van der Waals surface area (Å²) >= 11 is 7.46. The summed E-state index contributed by atoms with van der Waals surface area (Å²) in [7, 11) is 0. The van der Waals surface area contributed by atoms with E-state index in [1.54, 1.807) is 0 Å². The van der Waals surface area contributed by atoms with Crippen molar-refractivity contribution in [2.45, 2.75) is 51.5 Å². The molecule has 0 aromatic carbocycles. The van der Waals surface area contributed by atoms with Crippen molar-refractivity contribution in [3.8, 4) is 0 Å². The van der Waals surface area contributed by atoms with Crippen molar-refractivity contribution in [1.82, 2.24) is 9.78 Å². The zero-order valence-electron chi connectivity index (χ0n) is 11.5. The van der Waals surface area contributed by atoms with Crippen LogP contribution in [0.25, 0.3) is 0 Å². The molecule has 0 unspecified atom stereocenters. The van der Waals surface area contributed by atoms with Crippen LogP contribution in [0.4, 0.5) is 8.78 Å². The summed E-state index contributed by atoms with van der Waals surface area (Å²) in [6, 6.07) is 0. The van der Waals surface area contributed by atoms with Crippen molar-refractivity contribution in [3.63, 3.8) is 0 Å². The van der Waals surface area contributed by atoms with Crippen LogP contribution in [-0.4, -0.2) is 20.4 Å². The average molecular weight is 324 g/mol. The SMILES string of the molecule is CCn1nc(C(F)F)c(CSC2=NOC(C)(C)C2)c1Cl. The first kappa shape index (κ1) is 15.6. The molecule has 0 saturated carbocycles. The maximum atomic E-state index is 13.0. The number of aromatic nitrogens is 2. The van der Waals surface area contributed by atoms with Gasteiger partial charge in [0.05, 0.1) is 0 Å². The molecule has 0 saturated heterocycles. The highest BCUT2D eigenvalue weighted by atomic mass is 35.5. The van der Waals surface area contributed by atoms with Crippen molar-refractivity contribution >= 4 is 28.4 Å². The van der Waals surface area contributed by atoms with Crippen LogP contribution in [0.5, 0.6) is 0 Å². The quantitative estimate of drug-likeness (QED) is 0.832. The van der Waals surface area contributed by atoms with Gasteiger partial charge in [-0.15, -0.1) is 11.8 Å². The second-order valence-electron chi connectivity index (χ2n) is 5.07. The lowest BCUT2D eigenvalue weighted by molar-refractivity contribution is 0.0123. The highest BCUT2D eigenvalue weighted by Crippen LogP contribution is 2.34. The summed E-state index contributed by atoms with van der Waals surface area (Å²) in [6.45, 7) is 6.12. The molecule has 1 aliphatic rings. The van der Waals surface area contributed by atoms with Gasteiger partial charge in [-0.1, -0.05) is 16.8 Å². The number of halogens is 3. The topological polar surface area (TPSA) is 39.4 Å². The van der Waals surface area contributed by atoms with E-state index in [1.807, 2.05) is 20.8 Å². The van der Waals surface area contributed by atoms with Gasteiger partial charge in [0, 0.05) is 24.3 Å². The lowest BCUT2D eigenvalue weighted by atomic mass is 10.1. The van der Waals surface area contributed by atoms with E-state index < -0.39 is 6.43 Å². The monoisotopic (exact) mass is 323 g/mol. The van der Waals surface area contributed by atoms with E-state index >= 15 is 0 Å². The number of thioether (sulfide) groups is 1. The van der Waals surface area contributed by atoms with Crippen LogP contribution in [-0.2, 0) is 17.1 Å². The third-order valence-electron chi connectivity index (χ3n) is 2.87. The summed E-state index contributed by atoms with van der Waals surface area (Å²) in [4.78, 5) is 5.24. The largest absolute Gasteiger partial charge is 0.389 e. The second kappa shape index (κ2) is 5.89. The molecular weight excluding hydrogens is 308 g/mol. The molecule has 8 heteroatoms. The number of alkyl halides is 2. The van der Waals surface area contributed by atoms with Crippen molar-refractivity contribution in [1.29, 1.82) is 0 Å². The maximum Gasteiger partial charge on any atom is 0.282 e. The summed E-state index contributed by atoms with van der Waals surface area (Å²) < 4.78 is 27.3. The highest BCUT2D eigenvalue weighted by molar-refractivity contribution is 8.13. The number of hydrogen-bond donors (Lipinski definition) is 0. The number of aryl methyl sites for hydroxylation is 1. The van der Waals surface area contributed by atoms with Gasteiger partial charge in [0.25, 0.3) is 6.43 Å². The molecule has 1 aliphatic heterocycles. The van der Waals surface area contributed by atoms with Crippen LogP contribution in [0.2, 0.25) is 5.15 Å². The number of oxime groups is 1. The predicted molar refractivity (Wildman–Crippen MR) is 76.4 cm³/mol. The van der Waals surface area contributed by atoms with Gasteiger partial charge in [0.1, 0.15) is 21.5 Å². The standard InChI is InChI=1S/C12H16ClF2N3OS/c1-4-18-10(13)7(9(16-18)11(14)15)6-20-8-5-12(2,3)19-17-8/h11H,4-6H2,1-3H3. The van der Waals surface area contributed by atoms with Crippen LogP contribution >= 0.6 is 23.4 Å². The maximum absolute atomic E-state index is 13.0. The molecule has 0 N–H and O–H groups in total. The van der Waals surface area contributed by atoms with Crippen molar-refractivity contribution in [2.75, 3.05) is 0 Å². The molecule has 0 atom stereocenters. The highest BCUT2D eigenvalue weighted by Gasteiger charge is 2.30. The minimum absolute atomic E-state index is 0.247. The lowest BCUT2D eigenvalue weighted by Crippen LogP contribution is -2.18. The van der Waals surface area contributed by atoms with E-state index in [4.69, 9.17) is 16.4 Å². The Labute approximate surface area is 125 Å². The molecular formula is C12H16ClF2N3OS. The van der Waals surface area contributed by atoms with E-state index in [9.17, 15) is 8.78 Å². The van der Waals surface area contributed by atoms with E-state index in [1.165, 1.54) is 16.4 Å². The Bertz CT molecular complexity index is 531. The molecule has 1 aromatic heterocycles. The van der Waals surface area contributed by atoms with Gasteiger partial charge in [-0.25, -0.2) is 8.78 Å². The zero-order valence-corrected chi connectivity index (χ0v) is 13.1. The van der Waals surface area contributed by atoms with Crippen LogP contribution in [0.3, 0.4) is 0 Å². The summed E-state index contributed by atoms with van der Waals surface area (Å²) in [5, 5.41) is 8.87. The van der Waals surface area contributed by atoms with Crippen LogP contribution in [0.1, 0.15) is 44.9 Å². The molecule has 0 fully saturated rings. The van der Waals surface area contributed by atoms with Gasteiger partial charge in [-0.3, -0.25) is 4.68 Å². The first-order chi connectivity index (χ1) is 9.34. The predicted octanol–water partition coefficient (Wildman–Crippen LogP) is 4.24. The van der Waals surface area contributed by atoms with Crippen LogP contribution < -0.4 is 0 Å². The van der Waals surface area contributed by atoms with Gasteiger partial charge >= 0.3 is 0 Å². The molecule has 0 bridgehead atoms. The third-order valence-corrected chi connectivity index (χ3v) is 4.28. The fourth-order valence-corrected chi connectivity index (χ4v) is 3.39. The van der Waals surface area contributed by atoms with E-state index in [0.29, 0.717) is 24.3 Å². The number of hydrogen-bond acceptors (Lipinski definition) is 4. The number of nitrogens with zero attached hydrogens (tertiary/aromatic N) is 3. The summed E-state index contributed by atoms with van der Waals surface area (Å²) in [6.07, 6.45) is -1.96. The van der Waals surface area contributed by atoms with Crippen LogP contribution in [0.15, 0.2) is 5.16 Å². The van der Waals surface area contributed by atoms with Gasteiger partial charge in [-0.05, 0) is 20.8 Å². The van der Waals surface area contributed by atoms with Crippen molar-refractivity contribution in [3.05, 3.63) is 16.4 Å². The molecule has 112 valence electrons.